The van der Waals surface area contributed by atoms with Gasteiger partial charge in [0.1, 0.15) is 34.5 Å². The van der Waals surface area contributed by atoms with Crippen molar-refractivity contribution < 1.29 is 13.6 Å². The van der Waals surface area contributed by atoms with Gasteiger partial charge in [-0.15, -0.1) is 0 Å². The number of allylic oxidation sites excluding steroid dienone is 2. The van der Waals surface area contributed by atoms with Crippen molar-refractivity contribution in [1.29, 1.82) is 0 Å². The van der Waals surface area contributed by atoms with Gasteiger partial charge in [0.2, 0.25) is 5.90 Å². The normalized spacial score (nSPS) is 17.2. The van der Waals surface area contributed by atoms with Crippen LogP contribution < -0.4 is 0 Å². The minimum atomic E-state index is -0.114. The second kappa shape index (κ2) is 10.2. The summed E-state index contributed by atoms with van der Waals surface area (Å²) in [5, 5.41) is 11.5. The van der Waals surface area contributed by atoms with Crippen LogP contribution >= 0.6 is 0 Å². The van der Waals surface area contributed by atoms with Crippen LogP contribution in [0.5, 0.6) is 0 Å². The van der Waals surface area contributed by atoms with Crippen LogP contribution in [0, 0.1) is 0 Å². The smallest absolute Gasteiger partial charge is 0.218 e. The van der Waals surface area contributed by atoms with Gasteiger partial charge in [-0.2, -0.15) is 0 Å². The van der Waals surface area contributed by atoms with E-state index >= 15 is 0 Å². The largest absolute Gasteiger partial charge is 0.467 e. The number of hydrogen-bond acceptors (Lipinski definition) is 4. The van der Waals surface area contributed by atoms with Crippen molar-refractivity contribution in [3.63, 3.8) is 0 Å². The van der Waals surface area contributed by atoms with E-state index in [2.05, 4.69) is 128 Å². The van der Waals surface area contributed by atoms with Crippen LogP contribution in [0.2, 0.25) is 0 Å². The second-order valence-corrected chi connectivity index (χ2v) is 14.2. The number of aliphatic imine (C=N–C) groups is 1. The van der Waals surface area contributed by atoms with Gasteiger partial charge in [-0.3, -0.25) is 0 Å². The van der Waals surface area contributed by atoms with E-state index in [1.54, 1.807) is 0 Å². The molecule has 4 nitrogen and oxygen atoms in total. The molecule has 10 aromatic rings. The van der Waals surface area contributed by atoms with Gasteiger partial charge in [0.15, 0.2) is 0 Å². The molecule has 0 saturated heterocycles. The summed E-state index contributed by atoms with van der Waals surface area (Å²) in [4.78, 5) is 5.18. The van der Waals surface area contributed by atoms with Gasteiger partial charge in [-0.25, -0.2) is 4.99 Å². The molecule has 1 aliphatic carbocycles. The predicted molar refractivity (Wildman–Crippen MR) is 214 cm³/mol. The van der Waals surface area contributed by atoms with Gasteiger partial charge in [0, 0.05) is 38.2 Å². The van der Waals surface area contributed by atoms with Gasteiger partial charge in [0.25, 0.3) is 0 Å². The van der Waals surface area contributed by atoms with Crippen LogP contribution in [0.3, 0.4) is 0 Å². The van der Waals surface area contributed by atoms with Crippen molar-refractivity contribution in [1.82, 2.24) is 0 Å². The highest BCUT2D eigenvalue weighted by Gasteiger charge is 2.32. The Bertz CT molecular complexity index is 3240. The first-order valence-corrected chi connectivity index (χ1v) is 17.9. The fourth-order valence-corrected chi connectivity index (χ4v) is 8.87. The van der Waals surface area contributed by atoms with E-state index in [0.717, 1.165) is 82.5 Å². The summed E-state index contributed by atoms with van der Waals surface area (Å²) < 4.78 is 19.9. The Hall–Kier alpha value is -6.65. The predicted octanol–water partition coefficient (Wildman–Crippen LogP) is 12.7. The molecule has 244 valence electrons. The first-order chi connectivity index (χ1) is 25.7. The summed E-state index contributed by atoms with van der Waals surface area (Å²) in [5.74, 6) is 0.675. The molecule has 2 unspecified atom stereocenters. The molecule has 0 amide bonds. The molecule has 2 aromatic heterocycles. The minimum absolute atomic E-state index is 0.0459. The highest BCUT2D eigenvalue weighted by molar-refractivity contribution is 6.31. The van der Waals surface area contributed by atoms with Crippen LogP contribution in [-0.4, -0.2) is 18.0 Å². The topological polar surface area (TPSA) is 47.9 Å². The lowest BCUT2D eigenvalue weighted by Crippen LogP contribution is -2.20. The maximum atomic E-state index is 6.70. The average molecular weight is 668 g/mol. The quantitative estimate of drug-likeness (QED) is 0.176. The molecule has 0 spiro atoms. The lowest BCUT2D eigenvalue weighted by Gasteiger charge is -2.20. The average Bonchev–Trinajstić information content (AvgIpc) is 3.90. The van der Waals surface area contributed by atoms with Crippen LogP contribution in [0.1, 0.15) is 12.5 Å². The monoisotopic (exact) mass is 667 g/mol. The van der Waals surface area contributed by atoms with E-state index in [9.17, 15) is 0 Å². The van der Waals surface area contributed by atoms with Crippen molar-refractivity contribution in [2.24, 2.45) is 4.99 Å². The van der Waals surface area contributed by atoms with Crippen LogP contribution in [0.25, 0.3) is 98.4 Å². The Labute approximate surface area is 297 Å². The Morgan fingerprint density at radius 3 is 1.83 bits per heavy atom. The zero-order chi connectivity index (χ0) is 34.1. The molecule has 2 aliphatic rings. The molecular formula is C48H29NO3. The zero-order valence-corrected chi connectivity index (χ0v) is 28.2. The van der Waals surface area contributed by atoms with E-state index in [1.165, 1.54) is 27.1 Å². The summed E-state index contributed by atoms with van der Waals surface area (Å²) in [7, 11) is 0. The van der Waals surface area contributed by atoms with Crippen molar-refractivity contribution in [3.8, 4) is 22.3 Å². The van der Waals surface area contributed by atoms with E-state index in [-0.39, 0.29) is 12.1 Å². The summed E-state index contributed by atoms with van der Waals surface area (Å²) >= 11 is 0. The molecule has 52 heavy (non-hydrogen) atoms. The lowest BCUT2D eigenvalue weighted by molar-refractivity contribution is 0.254. The molecule has 0 saturated carbocycles. The Kier molecular flexibility index (Phi) is 5.52. The molecule has 3 heterocycles. The van der Waals surface area contributed by atoms with Crippen molar-refractivity contribution in [2.45, 2.75) is 19.1 Å². The SMILES string of the molecule is CC1=CC2OC(c3cc(-c4cccc5c4oc4ccccc45)c4ccc5ccc(-c6cccc7c6oc6ccccc67)c6ccc3c4c56)=NC2C=C1. The standard InChI is InChI=1S/C48H29NO3/c1-26-16-23-40-43(24-26)52-48(49-40)39-25-38(37-13-7-12-36-30-9-3-5-15-42(30)51-47(36)37)32-20-18-27-17-19-28(31-21-22-33(39)45(32)44(27)31)34-10-6-11-35-29-8-2-4-14-41(29)50-46(34)35/h2-25,40,43H,1H3. The highest BCUT2D eigenvalue weighted by atomic mass is 16.5. The van der Waals surface area contributed by atoms with Gasteiger partial charge in [-0.1, -0.05) is 127 Å². The molecule has 0 bridgehead atoms. The van der Waals surface area contributed by atoms with E-state index in [1.807, 2.05) is 24.3 Å². The van der Waals surface area contributed by atoms with Crippen molar-refractivity contribution in [3.05, 3.63) is 157 Å². The minimum Gasteiger partial charge on any atom is -0.467 e. The Morgan fingerprint density at radius 1 is 0.500 bits per heavy atom. The molecule has 4 heteroatoms. The van der Waals surface area contributed by atoms with Gasteiger partial charge < -0.3 is 13.6 Å². The molecule has 1 aliphatic heterocycles. The fourth-order valence-electron chi connectivity index (χ4n) is 8.87. The summed E-state index contributed by atoms with van der Waals surface area (Å²) in [6.07, 6.45) is 6.36. The lowest BCUT2D eigenvalue weighted by atomic mass is 9.85. The molecule has 0 fully saturated rings. The van der Waals surface area contributed by atoms with E-state index in [0.29, 0.717) is 5.90 Å². The third kappa shape index (κ3) is 3.78. The van der Waals surface area contributed by atoms with Gasteiger partial charge >= 0.3 is 0 Å². The van der Waals surface area contributed by atoms with Gasteiger partial charge in [-0.05, 0) is 74.6 Å². The second-order valence-electron chi connectivity index (χ2n) is 14.2. The third-order valence-electron chi connectivity index (χ3n) is 11.2. The van der Waals surface area contributed by atoms with Crippen LogP contribution in [-0.2, 0) is 4.74 Å². The number of nitrogens with zero attached hydrogens (tertiary/aromatic N) is 1. The van der Waals surface area contributed by atoms with E-state index < -0.39 is 0 Å². The molecule has 8 aromatic carbocycles. The maximum absolute atomic E-state index is 6.70. The summed E-state index contributed by atoms with van der Waals surface area (Å²) in [6, 6.07) is 45.3. The molecule has 2 atom stereocenters. The van der Waals surface area contributed by atoms with Crippen LogP contribution in [0.15, 0.2) is 165 Å². The highest BCUT2D eigenvalue weighted by Crippen LogP contribution is 2.47. The van der Waals surface area contributed by atoms with Gasteiger partial charge in [0.05, 0.1) is 0 Å². The molecule has 12 rings (SSSR count). The number of hydrogen-bond donors (Lipinski definition) is 0. The molecule has 0 N–H and O–H groups in total. The number of benzene rings is 8. The number of rotatable bonds is 3. The molecule has 0 radical (unpaired) electrons. The first-order valence-electron chi connectivity index (χ1n) is 17.9. The fraction of sp³-hybridized carbons (Fsp3) is 0.0625. The van der Waals surface area contributed by atoms with Crippen LogP contribution in [0.4, 0.5) is 0 Å². The maximum Gasteiger partial charge on any atom is 0.218 e. The van der Waals surface area contributed by atoms with E-state index in [4.69, 9.17) is 18.6 Å². The first kappa shape index (κ1) is 28.1. The van der Waals surface area contributed by atoms with Crippen molar-refractivity contribution in [2.75, 3.05) is 0 Å². The zero-order valence-electron chi connectivity index (χ0n) is 28.2. The Balaban J connectivity index is 1.19. The number of para-hydroxylation sites is 4. The number of ether oxygens (including phenoxy) is 1. The summed E-state index contributed by atoms with van der Waals surface area (Å²) in [5.41, 5.74) is 10.1. The van der Waals surface area contributed by atoms with Crippen molar-refractivity contribution >= 4 is 82.1 Å². The summed E-state index contributed by atoms with van der Waals surface area (Å²) in [6.45, 7) is 2.11. The number of furan rings is 2. The Morgan fingerprint density at radius 2 is 1.10 bits per heavy atom. The molecular weight excluding hydrogens is 639 g/mol. The third-order valence-corrected chi connectivity index (χ3v) is 11.2. The number of fused-ring (bicyclic) bond motifs is 7.